The summed E-state index contributed by atoms with van der Waals surface area (Å²) in [5.41, 5.74) is 6.42. The highest BCUT2D eigenvalue weighted by atomic mass is 16.2. The van der Waals surface area contributed by atoms with Crippen molar-refractivity contribution in [1.29, 1.82) is 0 Å². The smallest absolute Gasteiger partial charge is 0.314 e. The molecule has 0 radical (unpaired) electrons. The van der Waals surface area contributed by atoms with Crippen LogP contribution in [0.5, 0.6) is 0 Å². The predicted octanol–water partition coefficient (Wildman–Crippen LogP) is 1.12. The van der Waals surface area contributed by atoms with Crippen molar-refractivity contribution in [1.82, 2.24) is 24.6 Å². The minimum atomic E-state index is -0.443. The Kier molecular flexibility index (Phi) is 4.79. The van der Waals surface area contributed by atoms with E-state index < -0.39 is 6.03 Å². The average molecular weight is 368 g/mol. The monoisotopic (exact) mass is 368 g/mol. The van der Waals surface area contributed by atoms with E-state index in [0.29, 0.717) is 39.1 Å². The van der Waals surface area contributed by atoms with Crippen LogP contribution in [0.3, 0.4) is 0 Å². The summed E-state index contributed by atoms with van der Waals surface area (Å²) in [5.74, 6) is 1.70. The number of primary amides is 1. The number of fused-ring (bicyclic) bond motifs is 1. The van der Waals surface area contributed by atoms with Gasteiger partial charge in [-0.25, -0.2) is 4.79 Å². The second-order valence-electron chi connectivity index (χ2n) is 7.16. The molecule has 1 saturated heterocycles. The number of likely N-dealkylation sites (tertiary alicyclic amines) is 1. The van der Waals surface area contributed by atoms with Gasteiger partial charge >= 0.3 is 6.03 Å². The molecule has 4 rings (SSSR count). The number of amides is 3. The van der Waals surface area contributed by atoms with E-state index in [2.05, 4.69) is 14.8 Å². The molecule has 1 atom stereocenters. The fraction of sp³-hybridized carbons (Fsp3) is 0.474. The zero-order valence-electron chi connectivity index (χ0n) is 15.3. The van der Waals surface area contributed by atoms with Gasteiger partial charge in [-0.05, 0) is 12.8 Å². The molecule has 2 aromatic rings. The summed E-state index contributed by atoms with van der Waals surface area (Å²) < 4.78 is 2.11. The molecule has 2 aliphatic rings. The molecule has 0 saturated carbocycles. The van der Waals surface area contributed by atoms with Gasteiger partial charge in [0.15, 0.2) is 5.82 Å². The summed E-state index contributed by atoms with van der Waals surface area (Å²) >= 11 is 0. The number of aromatic nitrogens is 3. The summed E-state index contributed by atoms with van der Waals surface area (Å²) in [4.78, 5) is 27.9. The largest absolute Gasteiger partial charge is 0.351 e. The highest BCUT2D eigenvalue weighted by Crippen LogP contribution is 2.23. The van der Waals surface area contributed by atoms with Crippen LogP contribution in [-0.2, 0) is 17.8 Å². The topological polar surface area (TPSA) is 97.3 Å². The Balaban J connectivity index is 1.47. The number of nitrogens with two attached hydrogens (primary N) is 1. The molecule has 2 aliphatic heterocycles. The molecule has 3 heterocycles. The normalized spacial score (nSPS) is 20.1. The molecule has 1 unspecified atom stereocenters. The zero-order chi connectivity index (χ0) is 18.8. The van der Waals surface area contributed by atoms with Crippen molar-refractivity contribution in [3.8, 4) is 11.4 Å². The summed E-state index contributed by atoms with van der Waals surface area (Å²) in [6, 6.07) is 9.54. The van der Waals surface area contributed by atoms with Crippen molar-refractivity contribution >= 4 is 11.9 Å². The van der Waals surface area contributed by atoms with Gasteiger partial charge in [-0.3, -0.25) is 4.79 Å². The molecule has 3 amide bonds. The number of rotatable bonds is 2. The average Bonchev–Trinajstić information content (AvgIpc) is 2.99. The first-order valence-electron chi connectivity index (χ1n) is 9.44. The van der Waals surface area contributed by atoms with Crippen molar-refractivity contribution in [2.24, 2.45) is 11.7 Å². The Morgan fingerprint density at radius 3 is 2.59 bits per heavy atom. The lowest BCUT2D eigenvalue weighted by molar-refractivity contribution is -0.136. The Morgan fingerprint density at radius 1 is 1.00 bits per heavy atom. The lowest BCUT2D eigenvalue weighted by Crippen LogP contribution is -2.48. The van der Waals surface area contributed by atoms with Gasteiger partial charge in [-0.15, -0.1) is 10.2 Å². The number of nitrogens with zero attached hydrogens (tertiary/aromatic N) is 5. The summed E-state index contributed by atoms with van der Waals surface area (Å²) in [6.45, 7) is 2.98. The van der Waals surface area contributed by atoms with E-state index in [0.717, 1.165) is 30.1 Å². The second kappa shape index (κ2) is 7.38. The molecule has 8 nitrogen and oxygen atoms in total. The third kappa shape index (κ3) is 3.51. The first kappa shape index (κ1) is 17.5. The first-order chi connectivity index (χ1) is 13.1. The van der Waals surface area contributed by atoms with Crippen molar-refractivity contribution < 1.29 is 9.59 Å². The van der Waals surface area contributed by atoms with Crippen LogP contribution in [0.1, 0.15) is 18.7 Å². The molecule has 0 bridgehead atoms. The molecular weight excluding hydrogens is 344 g/mol. The van der Waals surface area contributed by atoms with Gasteiger partial charge in [-0.2, -0.15) is 0 Å². The summed E-state index contributed by atoms with van der Waals surface area (Å²) in [5, 5.41) is 8.69. The van der Waals surface area contributed by atoms with E-state index in [9.17, 15) is 9.59 Å². The zero-order valence-corrected chi connectivity index (χ0v) is 15.3. The number of benzene rings is 1. The fourth-order valence-corrected chi connectivity index (χ4v) is 3.98. The third-order valence-electron chi connectivity index (χ3n) is 5.45. The molecule has 0 spiro atoms. The summed E-state index contributed by atoms with van der Waals surface area (Å²) in [6.07, 6.45) is 2.30. The predicted molar refractivity (Wildman–Crippen MR) is 99.6 cm³/mol. The highest BCUT2D eigenvalue weighted by Gasteiger charge is 2.31. The lowest BCUT2D eigenvalue weighted by Gasteiger charge is -2.33. The van der Waals surface area contributed by atoms with E-state index in [1.54, 1.807) is 4.90 Å². The number of hydrogen-bond donors (Lipinski definition) is 1. The molecule has 0 aliphatic carbocycles. The molecule has 1 aromatic heterocycles. The number of carbonyl (C=O) groups excluding carboxylic acids is 2. The molecule has 1 fully saturated rings. The molecular formula is C19H24N6O2. The second-order valence-corrected chi connectivity index (χ2v) is 7.16. The Labute approximate surface area is 158 Å². The van der Waals surface area contributed by atoms with E-state index in [-0.39, 0.29) is 11.8 Å². The highest BCUT2D eigenvalue weighted by molar-refractivity contribution is 5.80. The van der Waals surface area contributed by atoms with E-state index >= 15 is 0 Å². The maximum Gasteiger partial charge on any atom is 0.314 e. The van der Waals surface area contributed by atoms with Crippen molar-refractivity contribution in [2.45, 2.75) is 25.8 Å². The van der Waals surface area contributed by atoms with Crippen molar-refractivity contribution in [3.63, 3.8) is 0 Å². The van der Waals surface area contributed by atoms with Gasteiger partial charge < -0.3 is 20.1 Å². The van der Waals surface area contributed by atoms with E-state index in [1.807, 2.05) is 35.2 Å². The number of urea groups is 1. The van der Waals surface area contributed by atoms with E-state index in [1.165, 1.54) is 0 Å². The summed E-state index contributed by atoms with van der Waals surface area (Å²) in [7, 11) is 0. The van der Waals surface area contributed by atoms with Crippen LogP contribution in [0.15, 0.2) is 30.3 Å². The van der Waals surface area contributed by atoms with Crippen LogP contribution >= 0.6 is 0 Å². The van der Waals surface area contributed by atoms with Gasteiger partial charge in [0.25, 0.3) is 0 Å². The standard InChI is InChI=1S/C19H24N6O2/c20-19(27)24-9-4-7-15(13-24)18(26)23-10-8-16-21-22-17(25(16)12-11-23)14-5-2-1-3-6-14/h1-3,5-6,15H,4,7-13H2,(H2,20,27). The maximum atomic E-state index is 13.0. The van der Waals surface area contributed by atoms with Gasteiger partial charge in [0.05, 0.1) is 5.92 Å². The number of carbonyl (C=O) groups is 2. The minimum Gasteiger partial charge on any atom is -0.351 e. The maximum absolute atomic E-state index is 13.0. The molecule has 1 aromatic carbocycles. The number of hydrogen-bond acceptors (Lipinski definition) is 4. The lowest BCUT2D eigenvalue weighted by atomic mass is 9.96. The molecule has 27 heavy (non-hydrogen) atoms. The first-order valence-corrected chi connectivity index (χ1v) is 9.44. The number of piperidine rings is 1. The van der Waals surface area contributed by atoms with Crippen LogP contribution < -0.4 is 5.73 Å². The molecule has 142 valence electrons. The van der Waals surface area contributed by atoms with Crippen LogP contribution in [0.25, 0.3) is 11.4 Å². The van der Waals surface area contributed by atoms with Crippen molar-refractivity contribution in [3.05, 3.63) is 36.2 Å². The van der Waals surface area contributed by atoms with Gasteiger partial charge in [-0.1, -0.05) is 30.3 Å². The van der Waals surface area contributed by atoms with Gasteiger partial charge in [0.2, 0.25) is 5.91 Å². The van der Waals surface area contributed by atoms with Crippen LogP contribution in [0, 0.1) is 5.92 Å². The SMILES string of the molecule is NC(=O)N1CCCC(C(=O)N2CCc3nnc(-c4ccccc4)n3CC2)C1. The molecule has 2 N–H and O–H groups in total. The quantitative estimate of drug-likeness (QED) is 0.859. The van der Waals surface area contributed by atoms with Gasteiger partial charge in [0.1, 0.15) is 5.82 Å². The van der Waals surface area contributed by atoms with Crippen LogP contribution in [-0.4, -0.2) is 62.7 Å². The Morgan fingerprint density at radius 2 is 1.81 bits per heavy atom. The van der Waals surface area contributed by atoms with Crippen LogP contribution in [0.2, 0.25) is 0 Å². The fourth-order valence-electron chi connectivity index (χ4n) is 3.98. The van der Waals surface area contributed by atoms with Gasteiger partial charge in [0, 0.05) is 44.7 Å². The third-order valence-corrected chi connectivity index (χ3v) is 5.45. The van der Waals surface area contributed by atoms with Crippen molar-refractivity contribution in [2.75, 3.05) is 26.2 Å². The minimum absolute atomic E-state index is 0.112. The van der Waals surface area contributed by atoms with E-state index in [4.69, 9.17) is 5.73 Å². The Bertz CT molecular complexity index is 834. The molecule has 8 heteroatoms. The Hall–Kier alpha value is -2.90. The van der Waals surface area contributed by atoms with Crippen LogP contribution in [0.4, 0.5) is 4.79 Å².